The van der Waals surface area contributed by atoms with Crippen molar-refractivity contribution in [3.8, 4) is 0 Å². The third kappa shape index (κ3) is 4.77. The van der Waals surface area contributed by atoms with E-state index in [-0.39, 0.29) is 22.8 Å². The number of carbonyl (C=O) groups is 2. The Balaban J connectivity index is 1.07. The second kappa shape index (κ2) is 8.91. The summed E-state index contributed by atoms with van der Waals surface area (Å²) in [7, 11) is 0. The van der Waals surface area contributed by atoms with Gasteiger partial charge in [-0.3, -0.25) is 4.79 Å². The van der Waals surface area contributed by atoms with E-state index in [4.69, 9.17) is 4.74 Å². The van der Waals surface area contributed by atoms with Crippen LogP contribution in [0.25, 0.3) is 0 Å². The number of alkyl halides is 3. The number of carbonyl (C=O) groups excluding carboxylic acids is 2. The Bertz CT molecular complexity index is 1080. The number of likely N-dealkylation sites (tertiary alicyclic amines) is 2. The van der Waals surface area contributed by atoms with Gasteiger partial charge in [0.25, 0.3) is 0 Å². The molecule has 1 aromatic rings. The Morgan fingerprint density at radius 3 is 2.57 bits per heavy atom. The second-order valence-corrected chi connectivity index (χ2v) is 9.93. The van der Waals surface area contributed by atoms with Gasteiger partial charge < -0.3 is 14.5 Å². The first-order chi connectivity index (χ1) is 16.6. The molecule has 7 nitrogen and oxygen atoms in total. The van der Waals surface area contributed by atoms with Gasteiger partial charge in [0.05, 0.1) is 17.8 Å². The molecule has 11 heteroatoms. The zero-order chi connectivity index (χ0) is 24.8. The van der Waals surface area contributed by atoms with Gasteiger partial charge in [-0.2, -0.15) is 23.4 Å². The fourth-order valence-electron chi connectivity index (χ4n) is 5.40. The number of hydrogen-bond donors (Lipinski definition) is 0. The topological polar surface area (TPSA) is 74.6 Å². The van der Waals surface area contributed by atoms with Crippen LogP contribution in [0.4, 0.5) is 22.4 Å². The van der Waals surface area contributed by atoms with Gasteiger partial charge in [-0.05, 0) is 43.4 Å². The highest BCUT2D eigenvalue weighted by molar-refractivity contribution is 5.80. The average Bonchev–Trinajstić information content (AvgIpc) is 3.28. The minimum absolute atomic E-state index is 0.00185. The number of piperidine rings is 1. The zero-order valence-corrected chi connectivity index (χ0v) is 19.1. The molecule has 1 aliphatic carbocycles. The molecule has 4 aliphatic rings. The molecule has 1 atom stereocenters. The van der Waals surface area contributed by atoms with E-state index in [2.05, 4.69) is 10.2 Å². The third-order valence-corrected chi connectivity index (χ3v) is 7.62. The predicted molar refractivity (Wildman–Crippen MR) is 115 cm³/mol. The molecule has 35 heavy (non-hydrogen) atoms. The smallest absolute Gasteiger partial charge is 0.416 e. The summed E-state index contributed by atoms with van der Waals surface area (Å²) in [6.45, 7) is 2.49. The van der Waals surface area contributed by atoms with Gasteiger partial charge in [-0.15, -0.1) is 0 Å². The first kappa shape index (κ1) is 23.7. The summed E-state index contributed by atoms with van der Waals surface area (Å²) in [5.74, 6) is -0.931. The highest BCUT2D eigenvalue weighted by atomic mass is 19.4. The molecule has 0 bridgehead atoms. The Morgan fingerprint density at radius 1 is 1.14 bits per heavy atom. The monoisotopic (exact) mass is 494 g/mol. The standard InChI is InChI=1S/C24H26F4N4O3/c25-19-10-18(24(26,27)28)4-3-17(19)12-35-22(34)31-7-5-23(6-8-31)13-32(14-23)21(33)15-1-2-16-11-29-30-20(16)9-15/h3-4,10,15H,1-2,5-9,11-14H2/t15-/m0/s1. The lowest BCUT2D eigenvalue weighted by molar-refractivity contribution is -0.151. The molecule has 1 aromatic carbocycles. The molecule has 2 fully saturated rings. The van der Waals surface area contributed by atoms with Crippen molar-refractivity contribution in [3.63, 3.8) is 0 Å². The van der Waals surface area contributed by atoms with Crippen molar-refractivity contribution in [2.75, 3.05) is 32.7 Å². The lowest BCUT2D eigenvalue weighted by atomic mass is 9.71. The number of hydrogen-bond acceptors (Lipinski definition) is 5. The molecule has 188 valence electrons. The van der Waals surface area contributed by atoms with E-state index in [1.807, 2.05) is 4.90 Å². The van der Waals surface area contributed by atoms with E-state index in [0.717, 1.165) is 43.5 Å². The van der Waals surface area contributed by atoms with Crippen LogP contribution in [0.3, 0.4) is 0 Å². The van der Waals surface area contributed by atoms with E-state index in [0.29, 0.717) is 45.2 Å². The van der Waals surface area contributed by atoms with Gasteiger partial charge >= 0.3 is 12.3 Å². The molecule has 3 aliphatic heterocycles. The van der Waals surface area contributed by atoms with Crippen molar-refractivity contribution in [2.45, 2.75) is 44.9 Å². The van der Waals surface area contributed by atoms with Crippen LogP contribution in [0.1, 0.15) is 43.2 Å². The van der Waals surface area contributed by atoms with Crippen molar-refractivity contribution >= 4 is 12.0 Å². The maximum atomic E-state index is 14.0. The normalized spacial score (nSPS) is 23.4. The van der Waals surface area contributed by atoms with Crippen molar-refractivity contribution in [1.82, 2.24) is 9.80 Å². The van der Waals surface area contributed by atoms with Crippen molar-refractivity contribution in [3.05, 3.63) is 46.4 Å². The number of azo groups is 1. The van der Waals surface area contributed by atoms with Crippen molar-refractivity contribution in [2.24, 2.45) is 21.6 Å². The Kier molecular flexibility index (Phi) is 6.04. The van der Waals surface area contributed by atoms with Crippen LogP contribution in [-0.4, -0.2) is 54.5 Å². The number of allylic oxidation sites excluding steroid dienone is 1. The molecular weight excluding hydrogens is 468 g/mol. The maximum absolute atomic E-state index is 14.0. The molecule has 2 saturated heterocycles. The van der Waals surface area contributed by atoms with Gasteiger partial charge in [0.15, 0.2) is 0 Å². The minimum Gasteiger partial charge on any atom is -0.444 e. The molecular formula is C24H26F4N4O3. The van der Waals surface area contributed by atoms with E-state index < -0.39 is 30.3 Å². The fraction of sp³-hybridized carbons (Fsp3) is 0.583. The number of nitrogens with zero attached hydrogens (tertiary/aromatic N) is 4. The molecule has 0 aromatic heterocycles. The Hall–Kier alpha value is -2.98. The van der Waals surface area contributed by atoms with Gasteiger partial charge in [-0.25, -0.2) is 9.18 Å². The van der Waals surface area contributed by atoms with Crippen LogP contribution in [0, 0.1) is 17.2 Å². The lowest BCUT2D eigenvalue weighted by Gasteiger charge is -2.54. The summed E-state index contributed by atoms with van der Waals surface area (Å²) < 4.78 is 57.1. The highest BCUT2D eigenvalue weighted by Crippen LogP contribution is 2.43. The number of amides is 2. The van der Waals surface area contributed by atoms with Crippen molar-refractivity contribution in [1.29, 1.82) is 0 Å². The maximum Gasteiger partial charge on any atom is 0.416 e. The van der Waals surface area contributed by atoms with Gasteiger partial charge in [0, 0.05) is 49.5 Å². The van der Waals surface area contributed by atoms with E-state index in [1.165, 1.54) is 10.5 Å². The summed E-state index contributed by atoms with van der Waals surface area (Å²) in [6.07, 6.45) is -1.41. The lowest BCUT2D eigenvalue weighted by Crippen LogP contribution is -2.63. The van der Waals surface area contributed by atoms with Gasteiger partial charge in [-0.1, -0.05) is 6.07 Å². The molecule has 5 rings (SSSR count). The number of benzene rings is 1. The highest BCUT2D eigenvalue weighted by Gasteiger charge is 2.48. The van der Waals surface area contributed by atoms with Crippen LogP contribution in [0.2, 0.25) is 0 Å². The second-order valence-electron chi connectivity index (χ2n) is 9.93. The van der Waals surface area contributed by atoms with Crippen LogP contribution >= 0.6 is 0 Å². The van der Waals surface area contributed by atoms with E-state index in [9.17, 15) is 27.2 Å². The summed E-state index contributed by atoms with van der Waals surface area (Å²) in [4.78, 5) is 28.8. The first-order valence-corrected chi connectivity index (χ1v) is 11.8. The fourth-order valence-corrected chi connectivity index (χ4v) is 5.40. The van der Waals surface area contributed by atoms with Crippen LogP contribution in [-0.2, 0) is 22.3 Å². The molecule has 0 unspecified atom stereocenters. The predicted octanol–water partition coefficient (Wildman–Crippen LogP) is 4.93. The molecule has 2 amide bonds. The quantitative estimate of drug-likeness (QED) is 0.560. The molecule has 1 spiro atoms. The minimum atomic E-state index is -4.64. The van der Waals surface area contributed by atoms with Crippen LogP contribution in [0.15, 0.2) is 39.7 Å². The molecule has 0 N–H and O–H groups in total. The summed E-state index contributed by atoms with van der Waals surface area (Å²) in [5.41, 5.74) is 1.03. The number of ether oxygens (including phenoxy) is 1. The zero-order valence-electron chi connectivity index (χ0n) is 19.1. The number of halogens is 4. The third-order valence-electron chi connectivity index (χ3n) is 7.62. The Morgan fingerprint density at radius 2 is 1.89 bits per heavy atom. The van der Waals surface area contributed by atoms with Crippen molar-refractivity contribution < 1.29 is 31.9 Å². The molecule has 3 heterocycles. The summed E-state index contributed by atoms with van der Waals surface area (Å²) in [6, 6.07) is 2.15. The van der Waals surface area contributed by atoms with Gasteiger partial charge in [0.2, 0.25) is 5.91 Å². The number of rotatable bonds is 3. The molecule has 0 radical (unpaired) electrons. The molecule has 0 saturated carbocycles. The summed E-state index contributed by atoms with van der Waals surface area (Å²) in [5, 5.41) is 8.23. The SMILES string of the molecule is O=C(OCc1ccc(C(F)(F)F)cc1F)N1CCC2(CC1)CN(C(=O)[C@H]1CCC3=C(C1)N=NC3)C2. The van der Waals surface area contributed by atoms with Gasteiger partial charge in [0.1, 0.15) is 12.4 Å². The van der Waals surface area contributed by atoms with Crippen LogP contribution < -0.4 is 0 Å². The van der Waals surface area contributed by atoms with E-state index >= 15 is 0 Å². The Labute approximate surface area is 199 Å². The average molecular weight is 494 g/mol. The largest absolute Gasteiger partial charge is 0.444 e. The van der Waals surface area contributed by atoms with E-state index in [1.54, 1.807) is 0 Å². The summed E-state index contributed by atoms with van der Waals surface area (Å²) >= 11 is 0. The van der Waals surface area contributed by atoms with Crippen LogP contribution in [0.5, 0.6) is 0 Å². The first-order valence-electron chi connectivity index (χ1n) is 11.8.